The van der Waals surface area contributed by atoms with Gasteiger partial charge in [-0.05, 0) is 0 Å². The van der Waals surface area contributed by atoms with Crippen molar-refractivity contribution in [2.24, 2.45) is 4.99 Å². The van der Waals surface area contributed by atoms with E-state index in [0.717, 1.165) is 25.8 Å². The fourth-order valence-corrected chi connectivity index (χ4v) is 3.51. The fraction of sp³-hybridized carbons (Fsp3) is 0.438. The topological polar surface area (TPSA) is 12.4 Å². The zero-order chi connectivity index (χ0) is 12.9. The summed E-state index contributed by atoms with van der Waals surface area (Å²) in [6.07, 6.45) is 10.0. The molecule has 0 unspecified atom stereocenters. The van der Waals surface area contributed by atoms with E-state index in [2.05, 4.69) is 48.1 Å². The molecule has 0 aliphatic rings. The minimum absolute atomic E-state index is 0.655. The van der Waals surface area contributed by atoms with Gasteiger partial charge in [0, 0.05) is 0 Å². The molecule has 0 bridgehead atoms. The Balaban J connectivity index is 1.91. The van der Waals surface area contributed by atoms with Crippen LogP contribution in [-0.4, -0.2) is 27.7 Å². The van der Waals surface area contributed by atoms with E-state index < -0.39 is 0 Å². The van der Waals surface area contributed by atoms with Crippen LogP contribution < -0.4 is 4.46 Å². The quantitative estimate of drug-likeness (QED) is 0.271. The molecule has 2 heteroatoms. The van der Waals surface area contributed by atoms with Crippen LogP contribution in [0.4, 0.5) is 0 Å². The van der Waals surface area contributed by atoms with Crippen LogP contribution in [0.5, 0.6) is 0 Å². The van der Waals surface area contributed by atoms with Gasteiger partial charge < -0.3 is 0 Å². The second kappa shape index (κ2) is 11.3. The third kappa shape index (κ3) is 8.27. The molecule has 0 saturated carbocycles. The molecule has 1 aromatic carbocycles. The normalized spacial score (nSPS) is 10.9. The Morgan fingerprint density at radius 3 is 2.67 bits per heavy atom. The van der Waals surface area contributed by atoms with Crippen LogP contribution in [0.15, 0.2) is 48.0 Å². The van der Waals surface area contributed by atoms with Gasteiger partial charge in [0.25, 0.3) is 0 Å². The number of unbranched alkanes of at least 4 members (excludes halogenated alkanes) is 3. The van der Waals surface area contributed by atoms with E-state index in [0.29, 0.717) is 15.0 Å². The van der Waals surface area contributed by atoms with Crippen molar-refractivity contribution < 1.29 is 0 Å². The fourth-order valence-electron chi connectivity index (χ4n) is 1.55. The summed E-state index contributed by atoms with van der Waals surface area (Å²) in [6, 6.07) is 10.8. The molecule has 0 aliphatic carbocycles. The Labute approximate surface area is 118 Å². The number of aliphatic imine (C=N–C) groups is 1. The third-order valence-electron chi connectivity index (χ3n) is 2.56. The van der Waals surface area contributed by atoms with Crippen molar-refractivity contribution in [1.82, 2.24) is 0 Å². The van der Waals surface area contributed by atoms with Crippen LogP contribution >= 0.6 is 0 Å². The first-order valence-electron chi connectivity index (χ1n) is 6.70. The molecule has 0 atom stereocenters. The van der Waals surface area contributed by atoms with Crippen molar-refractivity contribution >= 4 is 25.6 Å². The third-order valence-corrected chi connectivity index (χ3v) is 4.87. The molecule has 98 valence electrons. The Morgan fingerprint density at radius 1 is 1.06 bits per heavy atom. The van der Waals surface area contributed by atoms with E-state index >= 15 is 0 Å². The monoisotopic (exact) mass is 309 g/mol. The summed E-state index contributed by atoms with van der Waals surface area (Å²) in [5, 5.41) is 1.35. The van der Waals surface area contributed by atoms with Crippen LogP contribution in [0.1, 0.15) is 32.1 Å². The van der Waals surface area contributed by atoms with E-state index in [-0.39, 0.29) is 0 Å². The standard InChI is InChI=1S/C16H23NSe/c1-2-3-8-13-17-14-9-5-10-15-18-16-11-6-4-7-12-16/h2,4,6-7,11-12,14H,1,3,5,8-10,13,15H2. The predicted octanol–water partition coefficient (Wildman–Crippen LogP) is 3.64. The molecule has 1 nitrogen and oxygen atoms in total. The number of allylic oxidation sites excluding steroid dienone is 1. The second-order valence-electron chi connectivity index (χ2n) is 4.18. The van der Waals surface area contributed by atoms with E-state index in [1.54, 1.807) is 0 Å². The Bertz CT molecular complexity index is 332. The van der Waals surface area contributed by atoms with Gasteiger partial charge in [0.1, 0.15) is 0 Å². The molecule has 0 heterocycles. The average Bonchev–Trinajstić information content (AvgIpc) is 2.42. The van der Waals surface area contributed by atoms with Crippen molar-refractivity contribution in [3.05, 3.63) is 43.0 Å². The molecule has 0 aliphatic heterocycles. The predicted molar refractivity (Wildman–Crippen MR) is 83.3 cm³/mol. The summed E-state index contributed by atoms with van der Waals surface area (Å²) in [6.45, 7) is 4.66. The van der Waals surface area contributed by atoms with Crippen molar-refractivity contribution in [1.29, 1.82) is 0 Å². The van der Waals surface area contributed by atoms with Crippen molar-refractivity contribution in [3.8, 4) is 0 Å². The van der Waals surface area contributed by atoms with Gasteiger partial charge in [0.05, 0.1) is 0 Å². The molecule has 0 amide bonds. The molecule has 1 aromatic rings. The number of hydrogen-bond acceptors (Lipinski definition) is 1. The van der Waals surface area contributed by atoms with Gasteiger partial charge in [0.15, 0.2) is 0 Å². The van der Waals surface area contributed by atoms with Gasteiger partial charge in [-0.3, -0.25) is 0 Å². The second-order valence-corrected chi connectivity index (χ2v) is 6.63. The SMILES string of the molecule is C=CCCCN=CCCCC[Se]c1ccccc1. The van der Waals surface area contributed by atoms with Crippen molar-refractivity contribution in [2.45, 2.75) is 37.4 Å². The molecule has 1 rings (SSSR count). The van der Waals surface area contributed by atoms with Gasteiger partial charge in [-0.15, -0.1) is 0 Å². The van der Waals surface area contributed by atoms with Crippen LogP contribution in [0.2, 0.25) is 5.32 Å². The van der Waals surface area contributed by atoms with E-state index in [4.69, 9.17) is 0 Å². The summed E-state index contributed by atoms with van der Waals surface area (Å²) in [5.41, 5.74) is 0. The summed E-state index contributed by atoms with van der Waals surface area (Å²) in [4.78, 5) is 4.40. The molecular formula is C16H23NSe. The minimum atomic E-state index is 0.655. The van der Waals surface area contributed by atoms with E-state index in [1.807, 2.05) is 6.08 Å². The first kappa shape index (κ1) is 15.2. The van der Waals surface area contributed by atoms with E-state index in [9.17, 15) is 0 Å². The van der Waals surface area contributed by atoms with Gasteiger partial charge in [0.2, 0.25) is 0 Å². The number of rotatable bonds is 10. The van der Waals surface area contributed by atoms with Crippen LogP contribution in [0.3, 0.4) is 0 Å². The van der Waals surface area contributed by atoms with Crippen LogP contribution in [-0.2, 0) is 0 Å². The Morgan fingerprint density at radius 2 is 1.89 bits per heavy atom. The number of nitrogens with zero attached hydrogens (tertiary/aromatic N) is 1. The molecular weight excluding hydrogens is 285 g/mol. The van der Waals surface area contributed by atoms with Crippen LogP contribution in [0, 0.1) is 0 Å². The summed E-state index contributed by atoms with van der Waals surface area (Å²) < 4.78 is 1.52. The molecule has 18 heavy (non-hydrogen) atoms. The maximum atomic E-state index is 4.40. The first-order valence-corrected chi connectivity index (χ1v) is 8.77. The van der Waals surface area contributed by atoms with Gasteiger partial charge in [-0.1, -0.05) is 0 Å². The molecule has 0 fully saturated rings. The molecule has 0 aromatic heterocycles. The molecule has 0 N–H and O–H groups in total. The Hall–Kier alpha value is -0.851. The van der Waals surface area contributed by atoms with Crippen molar-refractivity contribution in [3.63, 3.8) is 0 Å². The molecule has 0 radical (unpaired) electrons. The summed E-state index contributed by atoms with van der Waals surface area (Å²) >= 11 is 0.655. The summed E-state index contributed by atoms with van der Waals surface area (Å²) in [5.74, 6) is 0. The van der Waals surface area contributed by atoms with E-state index in [1.165, 1.54) is 22.6 Å². The number of benzene rings is 1. The average molecular weight is 308 g/mol. The maximum absolute atomic E-state index is 4.40. The zero-order valence-corrected chi connectivity index (χ0v) is 12.8. The van der Waals surface area contributed by atoms with Gasteiger partial charge in [-0.25, -0.2) is 0 Å². The van der Waals surface area contributed by atoms with Crippen molar-refractivity contribution in [2.75, 3.05) is 6.54 Å². The molecule has 0 spiro atoms. The number of hydrogen-bond donors (Lipinski definition) is 0. The van der Waals surface area contributed by atoms with Crippen LogP contribution in [0.25, 0.3) is 0 Å². The first-order chi connectivity index (χ1) is 8.93. The Kier molecular flexibility index (Phi) is 9.51. The zero-order valence-electron chi connectivity index (χ0n) is 11.1. The van der Waals surface area contributed by atoms with Gasteiger partial charge >= 0.3 is 118 Å². The van der Waals surface area contributed by atoms with Gasteiger partial charge in [-0.2, -0.15) is 0 Å². The summed E-state index contributed by atoms with van der Waals surface area (Å²) in [7, 11) is 0. The molecule has 0 saturated heterocycles.